The highest BCUT2D eigenvalue weighted by atomic mass is 16.5. The van der Waals surface area contributed by atoms with Gasteiger partial charge in [-0.25, -0.2) is 10.2 Å². The first-order chi connectivity index (χ1) is 28.1. The van der Waals surface area contributed by atoms with Gasteiger partial charge in [-0.1, -0.05) is 177 Å². The summed E-state index contributed by atoms with van der Waals surface area (Å²) in [5.74, 6) is 0.268. The summed E-state index contributed by atoms with van der Waals surface area (Å²) < 4.78 is 5.64. The summed E-state index contributed by atoms with van der Waals surface area (Å²) >= 11 is 0. The van der Waals surface area contributed by atoms with Crippen molar-refractivity contribution in [3.63, 3.8) is 0 Å². The highest BCUT2D eigenvalue weighted by Gasteiger charge is 2.41. The van der Waals surface area contributed by atoms with Crippen molar-refractivity contribution in [2.45, 2.75) is 44.7 Å². The zero-order chi connectivity index (χ0) is 39.0. The van der Waals surface area contributed by atoms with Gasteiger partial charge in [-0.2, -0.15) is 0 Å². The molecule has 2 heterocycles. The van der Waals surface area contributed by atoms with Crippen molar-refractivity contribution in [2.24, 2.45) is 0 Å². The van der Waals surface area contributed by atoms with Crippen LogP contribution in [-0.2, 0) is 27.9 Å². The van der Waals surface area contributed by atoms with Crippen LogP contribution >= 0.6 is 0 Å². The number of hydrogen-bond acceptors (Lipinski definition) is 7. The van der Waals surface area contributed by atoms with Gasteiger partial charge in [0, 0.05) is 24.2 Å². The van der Waals surface area contributed by atoms with Crippen molar-refractivity contribution in [1.82, 2.24) is 30.6 Å². The van der Waals surface area contributed by atoms with E-state index in [2.05, 4.69) is 102 Å². The van der Waals surface area contributed by atoms with E-state index in [9.17, 15) is 4.79 Å². The van der Waals surface area contributed by atoms with Gasteiger partial charge in [-0.15, -0.1) is 15.0 Å². The Morgan fingerprint density at radius 2 is 1.21 bits per heavy atom. The molecular weight excluding hydrogens is 705 g/mol. The third kappa shape index (κ3) is 7.52. The quantitative estimate of drug-likeness (QED) is 0.0878. The molecule has 1 aliphatic heterocycles. The highest BCUT2D eigenvalue weighted by Crippen LogP contribution is 2.40. The molecule has 1 N–H and O–H groups in total. The van der Waals surface area contributed by atoms with Crippen LogP contribution in [0.3, 0.4) is 0 Å². The lowest BCUT2D eigenvalue weighted by molar-refractivity contribution is -0.138. The molecule has 0 bridgehead atoms. The molecular formula is C49H46N6O2. The Morgan fingerprint density at radius 1 is 0.667 bits per heavy atom. The summed E-state index contributed by atoms with van der Waals surface area (Å²) in [6, 6.07) is 57.9. The van der Waals surface area contributed by atoms with Crippen molar-refractivity contribution in [3.8, 4) is 22.5 Å². The number of hydrazine groups is 1. The van der Waals surface area contributed by atoms with E-state index in [1.807, 2.05) is 91.9 Å². The molecule has 0 aliphatic carbocycles. The zero-order valence-corrected chi connectivity index (χ0v) is 32.3. The molecule has 6 aromatic carbocycles. The minimum Gasteiger partial charge on any atom is -0.463 e. The molecule has 1 atom stereocenters. The minimum absolute atomic E-state index is 0.217. The largest absolute Gasteiger partial charge is 0.463 e. The predicted molar refractivity (Wildman–Crippen MR) is 225 cm³/mol. The van der Waals surface area contributed by atoms with Gasteiger partial charge in [0.25, 0.3) is 0 Å². The van der Waals surface area contributed by atoms with E-state index in [0.29, 0.717) is 30.8 Å². The average molecular weight is 751 g/mol. The van der Waals surface area contributed by atoms with E-state index < -0.39 is 5.54 Å². The van der Waals surface area contributed by atoms with Gasteiger partial charge in [-0.3, -0.25) is 0 Å². The van der Waals surface area contributed by atoms with Gasteiger partial charge in [0.15, 0.2) is 5.54 Å². The lowest BCUT2D eigenvalue weighted by Crippen LogP contribution is -2.40. The molecule has 1 aromatic heterocycles. The molecule has 0 spiro atoms. The van der Waals surface area contributed by atoms with Crippen molar-refractivity contribution < 1.29 is 9.53 Å². The van der Waals surface area contributed by atoms with Gasteiger partial charge in [0.2, 0.25) is 5.82 Å². The Kier molecular flexibility index (Phi) is 11.1. The highest BCUT2D eigenvalue weighted by molar-refractivity contribution is 5.91. The summed E-state index contributed by atoms with van der Waals surface area (Å²) in [5.41, 5.74) is 12.7. The van der Waals surface area contributed by atoms with Crippen LogP contribution in [0.2, 0.25) is 0 Å². The molecule has 0 saturated heterocycles. The molecule has 0 amide bonds. The van der Waals surface area contributed by atoms with Gasteiger partial charge in [0.05, 0.1) is 18.2 Å². The number of carbonyl (C=O) groups excluding carboxylic acids is 1. The molecule has 8 rings (SSSR count). The second-order valence-corrected chi connectivity index (χ2v) is 14.2. The first kappa shape index (κ1) is 37.3. The fourth-order valence-corrected chi connectivity index (χ4v) is 8.03. The number of benzene rings is 6. The molecule has 8 nitrogen and oxygen atoms in total. The standard InChI is InChI=1S/C49H46N6O2/c1-3-33-54-45(35-36-19-9-5-10-20-36)46(48(56)57-4-2)44(51-54)34-37-29-31-38(32-30-37)42-27-17-18-28-43(42)47-50-53-55(52-47)49(39-21-11-6-12-22-39,40-23-13-7-14-24-40)41-25-15-8-16-26-41/h5-32,44,51H,3-4,33-35H2,1-2H3. The number of ether oxygens (including phenoxy) is 1. The van der Waals surface area contributed by atoms with Crippen LogP contribution in [0, 0.1) is 0 Å². The molecule has 8 heteroatoms. The molecule has 7 aromatic rings. The second-order valence-electron chi connectivity index (χ2n) is 14.2. The fourth-order valence-electron chi connectivity index (χ4n) is 8.03. The van der Waals surface area contributed by atoms with Gasteiger partial charge < -0.3 is 9.75 Å². The average Bonchev–Trinajstić information content (AvgIpc) is 3.88. The lowest BCUT2D eigenvalue weighted by Gasteiger charge is -2.34. The molecule has 0 fully saturated rings. The number of nitrogens with one attached hydrogen (secondary N) is 1. The van der Waals surface area contributed by atoms with Crippen LogP contribution < -0.4 is 5.43 Å². The van der Waals surface area contributed by atoms with Crippen LogP contribution in [-0.4, -0.2) is 50.4 Å². The normalized spacial score (nSPS) is 14.2. The topological polar surface area (TPSA) is 85.2 Å². The monoisotopic (exact) mass is 750 g/mol. The number of aromatic nitrogens is 4. The summed E-state index contributed by atoms with van der Waals surface area (Å²) in [6.07, 6.45) is 2.22. The van der Waals surface area contributed by atoms with Crippen LogP contribution in [0.1, 0.15) is 48.1 Å². The van der Waals surface area contributed by atoms with Crippen molar-refractivity contribution in [1.29, 1.82) is 0 Å². The maximum Gasteiger partial charge on any atom is 0.337 e. The molecule has 1 aliphatic rings. The summed E-state index contributed by atoms with van der Waals surface area (Å²) in [5, 5.41) is 16.9. The van der Waals surface area contributed by atoms with E-state index in [-0.39, 0.29) is 12.0 Å². The Morgan fingerprint density at radius 3 is 1.77 bits per heavy atom. The lowest BCUT2D eigenvalue weighted by atomic mass is 9.77. The summed E-state index contributed by atoms with van der Waals surface area (Å²) in [6.45, 7) is 5.12. The van der Waals surface area contributed by atoms with E-state index >= 15 is 0 Å². The maximum atomic E-state index is 13.5. The Labute approximate surface area is 334 Å². The van der Waals surface area contributed by atoms with Gasteiger partial charge in [-0.05, 0) is 63.9 Å². The Bertz CT molecular complexity index is 2330. The van der Waals surface area contributed by atoms with E-state index in [1.165, 1.54) is 0 Å². The number of esters is 1. The molecule has 1 unspecified atom stereocenters. The summed E-state index contributed by atoms with van der Waals surface area (Å²) in [4.78, 5) is 15.3. The number of allylic oxidation sites excluding steroid dienone is 1. The SMILES string of the molecule is CCCN1NC(Cc2ccc(-c3ccccc3-c3nnn(C(c4ccccc4)(c4ccccc4)c4ccccc4)n3)cc2)C(C(=O)OCC)=C1Cc1ccccc1. The smallest absolute Gasteiger partial charge is 0.337 e. The number of hydrogen-bond donors (Lipinski definition) is 1. The van der Waals surface area contributed by atoms with Crippen LogP contribution in [0.25, 0.3) is 22.5 Å². The Hall–Kier alpha value is -6.64. The van der Waals surface area contributed by atoms with Crippen LogP contribution in [0.5, 0.6) is 0 Å². The third-order valence-electron chi connectivity index (χ3n) is 10.6. The third-order valence-corrected chi connectivity index (χ3v) is 10.6. The number of tetrazole rings is 1. The fraction of sp³-hybridized carbons (Fsp3) is 0.184. The maximum absolute atomic E-state index is 13.5. The van der Waals surface area contributed by atoms with E-state index in [0.717, 1.165) is 63.2 Å². The minimum atomic E-state index is -0.871. The van der Waals surface area contributed by atoms with Crippen LogP contribution in [0.4, 0.5) is 0 Å². The van der Waals surface area contributed by atoms with Gasteiger partial charge >= 0.3 is 5.97 Å². The second kappa shape index (κ2) is 17.0. The number of rotatable bonds is 14. The van der Waals surface area contributed by atoms with Crippen molar-refractivity contribution in [3.05, 3.63) is 209 Å². The molecule has 0 radical (unpaired) electrons. The number of carbonyl (C=O) groups is 1. The zero-order valence-electron chi connectivity index (χ0n) is 32.3. The molecule has 57 heavy (non-hydrogen) atoms. The van der Waals surface area contributed by atoms with E-state index in [4.69, 9.17) is 20.1 Å². The Balaban J connectivity index is 1.13. The molecule has 284 valence electrons. The first-order valence-corrected chi connectivity index (χ1v) is 19.7. The van der Waals surface area contributed by atoms with Crippen molar-refractivity contribution in [2.75, 3.05) is 13.2 Å². The predicted octanol–water partition coefficient (Wildman–Crippen LogP) is 9.05. The number of nitrogens with zero attached hydrogens (tertiary/aromatic N) is 5. The first-order valence-electron chi connectivity index (χ1n) is 19.7. The molecule has 0 saturated carbocycles. The van der Waals surface area contributed by atoms with Gasteiger partial charge in [0.1, 0.15) is 0 Å². The summed E-state index contributed by atoms with van der Waals surface area (Å²) in [7, 11) is 0. The van der Waals surface area contributed by atoms with Crippen molar-refractivity contribution >= 4 is 5.97 Å². The van der Waals surface area contributed by atoms with Crippen LogP contribution in [0.15, 0.2) is 181 Å². The van der Waals surface area contributed by atoms with E-state index in [1.54, 1.807) is 4.80 Å².